The molecule has 1 heterocycles. The van der Waals surface area contributed by atoms with Crippen LogP contribution in [0.5, 0.6) is 0 Å². The predicted molar refractivity (Wildman–Crippen MR) is 56.4 cm³/mol. The minimum absolute atomic E-state index is 0.0219. The lowest BCUT2D eigenvalue weighted by molar-refractivity contribution is -0.143. The molecule has 0 aromatic carbocycles. The van der Waals surface area contributed by atoms with E-state index in [2.05, 4.69) is 0 Å². The van der Waals surface area contributed by atoms with Crippen molar-refractivity contribution in [3.8, 4) is 0 Å². The number of carboxylic acid groups (broad SMARTS) is 1. The van der Waals surface area contributed by atoms with Crippen LogP contribution in [-0.4, -0.2) is 34.0 Å². The van der Waals surface area contributed by atoms with Gasteiger partial charge in [-0.2, -0.15) is 0 Å². The fourth-order valence-electron chi connectivity index (χ4n) is 2.03. The van der Waals surface area contributed by atoms with Gasteiger partial charge in [0.05, 0.1) is 0 Å². The quantitative estimate of drug-likeness (QED) is 0.756. The summed E-state index contributed by atoms with van der Waals surface area (Å²) in [5.41, 5.74) is -0.148. The van der Waals surface area contributed by atoms with Gasteiger partial charge in [-0.1, -0.05) is 0 Å². The summed E-state index contributed by atoms with van der Waals surface area (Å²) in [5, 5.41) is 8.65. The van der Waals surface area contributed by atoms with Crippen molar-refractivity contribution in [1.29, 1.82) is 0 Å². The van der Waals surface area contributed by atoms with Crippen LogP contribution in [0.3, 0.4) is 0 Å². The van der Waals surface area contributed by atoms with Gasteiger partial charge in [-0.3, -0.25) is 9.59 Å². The molecule has 1 saturated heterocycles. The summed E-state index contributed by atoms with van der Waals surface area (Å²) in [6, 6.07) is 0. The largest absolute Gasteiger partial charge is 0.481 e. The second-order valence-electron chi connectivity index (χ2n) is 5.17. The highest BCUT2D eigenvalue weighted by atomic mass is 16.4. The molecule has 1 aliphatic rings. The van der Waals surface area contributed by atoms with Gasteiger partial charge in [0.1, 0.15) is 0 Å². The Hall–Kier alpha value is -1.06. The van der Waals surface area contributed by atoms with Crippen LogP contribution in [-0.2, 0) is 9.59 Å². The molecule has 1 rings (SSSR count). The highest BCUT2D eigenvalue weighted by Gasteiger charge is 2.33. The van der Waals surface area contributed by atoms with Gasteiger partial charge in [0.15, 0.2) is 0 Å². The first-order valence-electron chi connectivity index (χ1n) is 5.33. The van der Waals surface area contributed by atoms with Gasteiger partial charge in [0.2, 0.25) is 5.91 Å². The van der Waals surface area contributed by atoms with Crippen molar-refractivity contribution < 1.29 is 14.7 Å². The molecular formula is C11H19NO3. The number of amides is 1. The zero-order chi connectivity index (χ0) is 11.6. The number of likely N-dealkylation sites (tertiary alicyclic amines) is 1. The summed E-state index contributed by atoms with van der Waals surface area (Å²) >= 11 is 0. The number of piperidine rings is 1. The van der Waals surface area contributed by atoms with Crippen LogP contribution in [0.2, 0.25) is 0 Å². The molecule has 1 unspecified atom stereocenters. The molecule has 1 aliphatic heterocycles. The third-order valence-corrected chi connectivity index (χ3v) is 2.80. The first kappa shape index (κ1) is 12.0. The van der Waals surface area contributed by atoms with Crippen LogP contribution < -0.4 is 0 Å². The van der Waals surface area contributed by atoms with Gasteiger partial charge in [0.25, 0.3) is 0 Å². The molecular weight excluding hydrogens is 194 g/mol. The van der Waals surface area contributed by atoms with E-state index in [4.69, 9.17) is 5.11 Å². The van der Waals surface area contributed by atoms with E-state index in [0.29, 0.717) is 13.0 Å². The number of hydrogen-bond donors (Lipinski definition) is 1. The number of rotatable bonds is 2. The SMILES string of the molecule is CC(C)(C)N1CCC(CC(=O)O)CC1=O. The van der Waals surface area contributed by atoms with Gasteiger partial charge in [0, 0.05) is 24.9 Å². The van der Waals surface area contributed by atoms with E-state index in [1.165, 1.54) is 0 Å². The van der Waals surface area contributed by atoms with Crippen LogP contribution in [0.4, 0.5) is 0 Å². The molecule has 1 fully saturated rings. The Morgan fingerprint density at radius 2 is 2.13 bits per heavy atom. The predicted octanol–water partition coefficient (Wildman–Crippen LogP) is 1.50. The van der Waals surface area contributed by atoms with Gasteiger partial charge < -0.3 is 10.0 Å². The van der Waals surface area contributed by atoms with Crippen LogP contribution in [0.1, 0.15) is 40.0 Å². The minimum atomic E-state index is -0.808. The maximum atomic E-state index is 11.8. The highest BCUT2D eigenvalue weighted by Crippen LogP contribution is 2.26. The summed E-state index contributed by atoms with van der Waals surface area (Å²) in [6.45, 7) is 6.69. The Kier molecular flexibility index (Phi) is 3.37. The molecule has 0 saturated carbocycles. The highest BCUT2D eigenvalue weighted by molar-refractivity contribution is 5.79. The zero-order valence-corrected chi connectivity index (χ0v) is 9.62. The fraction of sp³-hybridized carbons (Fsp3) is 0.818. The third kappa shape index (κ3) is 3.22. The van der Waals surface area contributed by atoms with E-state index >= 15 is 0 Å². The molecule has 0 aliphatic carbocycles. The topological polar surface area (TPSA) is 57.6 Å². The van der Waals surface area contributed by atoms with Crippen molar-refractivity contribution in [2.75, 3.05) is 6.54 Å². The molecule has 4 heteroatoms. The lowest BCUT2D eigenvalue weighted by Crippen LogP contribution is -2.49. The van der Waals surface area contributed by atoms with E-state index < -0.39 is 5.97 Å². The minimum Gasteiger partial charge on any atom is -0.481 e. The smallest absolute Gasteiger partial charge is 0.303 e. The molecule has 1 N–H and O–H groups in total. The van der Waals surface area contributed by atoms with Crippen molar-refractivity contribution in [3.05, 3.63) is 0 Å². The Morgan fingerprint density at radius 1 is 1.53 bits per heavy atom. The van der Waals surface area contributed by atoms with Crippen molar-refractivity contribution in [1.82, 2.24) is 4.90 Å². The number of nitrogens with zero attached hydrogens (tertiary/aromatic N) is 1. The lowest BCUT2D eigenvalue weighted by atomic mass is 9.90. The number of hydrogen-bond acceptors (Lipinski definition) is 2. The summed E-state index contributed by atoms with van der Waals surface area (Å²) in [4.78, 5) is 24.1. The Bertz CT molecular complexity index is 267. The summed E-state index contributed by atoms with van der Waals surface area (Å²) in [6.07, 6.45) is 1.29. The summed E-state index contributed by atoms with van der Waals surface area (Å²) < 4.78 is 0. The molecule has 1 atom stereocenters. The average Bonchev–Trinajstić information content (AvgIpc) is 1.99. The monoisotopic (exact) mass is 213 g/mol. The maximum absolute atomic E-state index is 11.8. The zero-order valence-electron chi connectivity index (χ0n) is 9.62. The molecule has 86 valence electrons. The molecule has 4 nitrogen and oxygen atoms in total. The maximum Gasteiger partial charge on any atom is 0.303 e. The molecule has 0 aromatic rings. The Labute approximate surface area is 90.3 Å². The molecule has 0 radical (unpaired) electrons. The Morgan fingerprint density at radius 3 is 2.53 bits per heavy atom. The van der Waals surface area contributed by atoms with E-state index in [1.54, 1.807) is 0 Å². The van der Waals surface area contributed by atoms with Crippen molar-refractivity contribution in [2.24, 2.45) is 5.92 Å². The first-order valence-corrected chi connectivity index (χ1v) is 5.33. The standard InChI is InChI=1S/C11H19NO3/c1-11(2,3)12-5-4-8(6-9(12)13)7-10(14)15/h8H,4-7H2,1-3H3,(H,14,15). The molecule has 0 spiro atoms. The summed E-state index contributed by atoms with van der Waals surface area (Å²) in [5.74, 6) is -0.703. The van der Waals surface area contributed by atoms with Gasteiger partial charge in [-0.25, -0.2) is 0 Å². The number of carbonyl (C=O) groups excluding carboxylic acids is 1. The molecule has 0 aromatic heterocycles. The molecule has 0 bridgehead atoms. The van der Waals surface area contributed by atoms with Crippen molar-refractivity contribution in [2.45, 2.75) is 45.6 Å². The third-order valence-electron chi connectivity index (χ3n) is 2.80. The van der Waals surface area contributed by atoms with Crippen molar-refractivity contribution >= 4 is 11.9 Å². The second kappa shape index (κ2) is 4.21. The van der Waals surface area contributed by atoms with Gasteiger partial charge >= 0.3 is 5.97 Å². The fourth-order valence-corrected chi connectivity index (χ4v) is 2.03. The van der Waals surface area contributed by atoms with E-state index in [9.17, 15) is 9.59 Å². The second-order valence-corrected chi connectivity index (χ2v) is 5.17. The van der Waals surface area contributed by atoms with Crippen LogP contribution in [0.25, 0.3) is 0 Å². The van der Waals surface area contributed by atoms with Crippen LogP contribution in [0.15, 0.2) is 0 Å². The number of aliphatic carboxylic acids is 1. The van der Waals surface area contributed by atoms with Crippen LogP contribution in [0, 0.1) is 5.92 Å². The summed E-state index contributed by atoms with van der Waals surface area (Å²) in [7, 11) is 0. The van der Waals surface area contributed by atoms with Gasteiger partial charge in [-0.15, -0.1) is 0 Å². The Balaban J connectivity index is 2.56. The average molecular weight is 213 g/mol. The lowest BCUT2D eigenvalue weighted by Gasteiger charge is -2.40. The molecule has 1 amide bonds. The molecule has 15 heavy (non-hydrogen) atoms. The van der Waals surface area contributed by atoms with E-state index in [-0.39, 0.29) is 23.8 Å². The van der Waals surface area contributed by atoms with E-state index in [1.807, 2.05) is 25.7 Å². The van der Waals surface area contributed by atoms with Crippen LogP contribution >= 0.6 is 0 Å². The normalized spacial score (nSPS) is 23.0. The number of carbonyl (C=O) groups is 2. The van der Waals surface area contributed by atoms with Crippen molar-refractivity contribution in [3.63, 3.8) is 0 Å². The van der Waals surface area contributed by atoms with Gasteiger partial charge in [-0.05, 0) is 33.1 Å². The first-order chi connectivity index (χ1) is 6.80. The van der Waals surface area contributed by atoms with E-state index in [0.717, 1.165) is 6.42 Å². The number of carboxylic acids is 1.